The molecule has 0 spiro atoms. The Labute approximate surface area is 58.2 Å². The Kier molecular flexibility index (Phi) is 1.64. The van der Waals surface area contributed by atoms with Crippen molar-refractivity contribution in [3.63, 3.8) is 0 Å². The molecule has 0 bridgehead atoms. The first-order valence-corrected chi connectivity index (χ1v) is 3.17. The van der Waals surface area contributed by atoms with Crippen molar-refractivity contribution < 1.29 is 14.3 Å². The molecule has 1 saturated heterocycles. The molecule has 3 nitrogen and oxygen atoms in total. The number of carbonyl (C=O) groups is 1. The summed E-state index contributed by atoms with van der Waals surface area (Å²) in [6, 6.07) is -0.400. The second-order valence-electron chi connectivity index (χ2n) is 2.75. The molecule has 0 unspecified atom stereocenters. The summed E-state index contributed by atoms with van der Waals surface area (Å²) >= 11 is 0. The average Bonchev–Trinajstić information content (AvgIpc) is 2.08. The fourth-order valence-electron chi connectivity index (χ4n) is 1.05. The van der Waals surface area contributed by atoms with E-state index in [0.717, 1.165) is 0 Å². The Balaban J connectivity index is 2.62. The normalized spacial score (nSPS) is 39.9. The lowest BCUT2D eigenvalue weighted by Crippen LogP contribution is -2.32. The van der Waals surface area contributed by atoms with Crippen molar-refractivity contribution in [2.24, 2.45) is 0 Å². The van der Waals surface area contributed by atoms with E-state index in [2.05, 4.69) is 5.32 Å². The van der Waals surface area contributed by atoms with Crippen LogP contribution in [0.4, 0.5) is 4.39 Å². The van der Waals surface area contributed by atoms with Crippen LogP contribution in [0.3, 0.4) is 0 Å². The van der Waals surface area contributed by atoms with Gasteiger partial charge in [-0.05, 0) is 6.92 Å². The summed E-state index contributed by atoms with van der Waals surface area (Å²) < 4.78 is 12.9. The van der Waals surface area contributed by atoms with E-state index in [1.807, 2.05) is 0 Å². The van der Waals surface area contributed by atoms with Crippen LogP contribution in [-0.2, 0) is 4.79 Å². The van der Waals surface area contributed by atoms with E-state index in [9.17, 15) is 9.18 Å². The third-order valence-electron chi connectivity index (χ3n) is 1.66. The second-order valence-corrected chi connectivity index (χ2v) is 2.75. The highest BCUT2D eigenvalue weighted by atomic mass is 19.1. The average molecular weight is 147 g/mol. The summed E-state index contributed by atoms with van der Waals surface area (Å²) in [6.07, 6.45) is 0.0718. The minimum absolute atomic E-state index is 0.0718. The van der Waals surface area contributed by atoms with Crippen LogP contribution in [0.25, 0.3) is 0 Å². The molecule has 1 amide bonds. The Morgan fingerprint density at radius 1 is 2.00 bits per heavy atom. The molecule has 0 aromatic rings. The van der Waals surface area contributed by atoms with Crippen molar-refractivity contribution in [1.82, 2.24) is 5.32 Å². The predicted octanol–water partition coefficient (Wildman–Crippen LogP) is -0.405. The minimum atomic E-state index is -1.78. The van der Waals surface area contributed by atoms with Crippen LogP contribution in [-0.4, -0.2) is 29.3 Å². The van der Waals surface area contributed by atoms with Gasteiger partial charge in [-0.25, -0.2) is 4.39 Å². The Bertz CT molecular complexity index is 158. The zero-order chi connectivity index (χ0) is 7.78. The van der Waals surface area contributed by atoms with Crippen molar-refractivity contribution in [3.05, 3.63) is 0 Å². The molecule has 10 heavy (non-hydrogen) atoms. The molecule has 1 rings (SSSR count). The van der Waals surface area contributed by atoms with Crippen LogP contribution < -0.4 is 5.32 Å². The van der Waals surface area contributed by atoms with Crippen LogP contribution in [0, 0.1) is 0 Å². The fraction of sp³-hybridized carbons (Fsp3) is 0.833. The molecule has 0 aromatic heterocycles. The molecule has 1 aliphatic rings. The minimum Gasteiger partial charge on any atom is -0.394 e. The molecule has 2 N–H and O–H groups in total. The monoisotopic (exact) mass is 147 g/mol. The summed E-state index contributed by atoms with van der Waals surface area (Å²) in [5.41, 5.74) is -1.78. The number of hydrogen-bond acceptors (Lipinski definition) is 2. The van der Waals surface area contributed by atoms with E-state index in [4.69, 9.17) is 5.11 Å². The van der Waals surface area contributed by atoms with Gasteiger partial charge < -0.3 is 10.4 Å². The number of carbonyl (C=O) groups excluding carboxylic acids is 1. The highest BCUT2D eigenvalue weighted by Crippen LogP contribution is 2.23. The van der Waals surface area contributed by atoms with E-state index in [1.165, 1.54) is 6.92 Å². The molecule has 1 fully saturated rings. The molecular weight excluding hydrogens is 137 g/mol. The van der Waals surface area contributed by atoms with Crippen molar-refractivity contribution >= 4 is 5.91 Å². The summed E-state index contributed by atoms with van der Waals surface area (Å²) in [6.45, 7) is 1.03. The fourth-order valence-corrected chi connectivity index (χ4v) is 1.05. The summed E-state index contributed by atoms with van der Waals surface area (Å²) in [5, 5.41) is 10.9. The largest absolute Gasteiger partial charge is 0.394 e. The number of nitrogens with one attached hydrogen (secondary N) is 1. The Morgan fingerprint density at radius 3 is 2.80 bits per heavy atom. The molecule has 0 aliphatic carbocycles. The number of rotatable bonds is 1. The lowest BCUT2D eigenvalue weighted by molar-refractivity contribution is -0.128. The maximum atomic E-state index is 12.9. The van der Waals surface area contributed by atoms with Crippen molar-refractivity contribution in [2.45, 2.75) is 25.1 Å². The standard InChI is InChI=1S/C6H10FNO2/c1-6(7)2-4(3-9)8-5(6)10/h4,9H,2-3H2,1H3,(H,8,10)/t4-,6+/m0/s1. The summed E-state index contributed by atoms with van der Waals surface area (Å²) in [5.74, 6) is -0.619. The zero-order valence-electron chi connectivity index (χ0n) is 5.72. The molecule has 4 heteroatoms. The molecule has 0 saturated carbocycles. The van der Waals surface area contributed by atoms with Gasteiger partial charge in [-0.2, -0.15) is 0 Å². The summed E-state index contributed by atoms with van der Waals surface area (Å²) in [4.78, 5) is 10.7. The lowest BCUT2D eigenvalue weighted by Gasteiger charge is -2.06. The van der Waals surface area contributed by atoms with Crippen molar-refractivity contribution in [1.29, 1.82) is 0 Å². The number of aliphatic hydroxyl groups is 1. The van der Waals surface area contributed by atoms with Gasteiger partial charge in [0, 0.05) is 6.42 Å². The van der Waals surface area contributed by atoms with Gasteiger partial charge in [0.1, 0.15) is 0 Å². The van der Waals surface area contributed by atoms with Gasteiger partial charge in [0.15, 0.2) is 5.67 Å². The van der Waals surface area contributed by atoms with Crippen LogP contribution in [0.15, 0.2) is 0 Å². The number of alkyl halides is 1. The maximum Gasteiger partial charge on any atom is 0.257 e. The molecule has 0 aromatic carbocycles. The van der Waals surface area contributed by atoms with Gasteiger partial charge in [-0.15, -0.1) is 0 Å². The maximum absolute atomic E-state index is 12.9. The highest BCUT2D eigenvalue weighted by molar-refractivity contribution is 5.87. The van der Waals surface area contributed by atoms with Gasteiger partial charge in [-0.1, -0.05) is 0 Å². The number of hydrogen-bond donors (Lipinski definition) is 2. The first-order valence-electron chi connectivity index (χ1n) is 3.17. The van der Waals surface area contributed by atoms with E-state index in [0.29, 0.717) is 0 Å². The Hall–Kier alpha value is -0.640. The molecule has 2 atom stereocenters. The molecule has 58 valence electrons. The van der Waals surface area contributed by atoms with Crippen molar-refractivity contribution in [2.75, 3.05) is 6.61 Å². The lowest BCUT2D eigenvalue weighted by atomic mass is 10.1. The van der Waals surface area contributed by atoms with Crippen LogP contribution in [0.2, 0.25) is 0 Å². The van der Waals surface area contributed by atoms with Crippen LogP contribution in [0.1, 0.15) is 13.3 Å². The molecule has 1 heterocycles. The number of halogens is 1. The van der Waals surface area contributed by atoms with Gasteiger partial charge >= 0.3 is 0 Å². The van der Waals surface area contributed by atoms with Crippen LogP contribution in [0.5, 0.6) is 0 Å². The van der Waals surface area contributed by atoms with E-state index in [-0.39, 0.29) is 13.0 Å². The molecular formula is C6H10FNO2. The topological polar surface area (TPSA) is 49.3 Å². The molecule has 0 radical (unpaired) electrons. The van der Waals surface area contributed by atoms with E-state index >= 15 is 0 Å². The number of amides is 1. The second kappa shape index (κ2) is 2.20. The third-order valence-corrected chi connectivity index (χ3v) is 1.66. The van der Waals surface area contributed by atoms with Gasteiger partial charge in [-0.3, -0.25) is 4.79 Å². The third kappa shape index (κ3) is 1.11. The van der Waals surface area contributed by atoms with E-state index in [1.54, 1.807) is 0 Å². The van der Waals surface area contributed by atoms with Gasteiger partial charge in [0.2, 0.25) is 0 Å². The van der Waals surface area contributed by atoms with Gasteiger partial charge in [0.25, 0.3) is 5.91 Å². The van der Waals surface area contributed by atoms with Gasteiger partial charge in [0.05, 0.1) is 12.6 Å². The van der Waals surface area contributed by atoms with E-state index < -0.39 is 17.6 Å². The SMILES string of the molecule is C[C@@]1(F)C[C@@H](CO)NC1=O. The zero-order valence-corrected chi connectivity index (χ0v) is 5.72. The predicted molar refractivity (Wildman–Crippen MR) is 33.1 cm³/mol. The number of aliphatic hydroxyl groups excluding tert-OH is 1. The Morgan fingerprint density at radius 2 is 2.60 bits per heavy atom. The smallest absolute Gasteiger partial charge is 0.257 e. The highest BCUT2D eigenvalue weighted by Gasteiger charge is 2.42. The first-order chi connectivity index (χ1) is 4.56. The van der Waals surface area contributed by atoms with Crippen LogP contribution >= 0.6 is 0 Å². The first kappa shape index (κ1) is 7.47. The molecule has 1 aliphatic heterocycles. The summed E-state index contributed by atoms with van der Waals surface area (Å²) in [7, 11) is 0. The quantitative estimate of drug-likeness (QED) is 0.530. The van der Waals surface area contributed by atoms with Crippen molar-refractivity contribution in [3.8, 4) is 0 Å².